The molecule has 2 nitrogen and oxygen atoms in total. The summed E-state index contributed by atoms with van der Waals surface area (Å²) in [5.74, 6) is 0.599. The maximum absolute atomic E-state index is 6.22. The van der Waals surface area contributed by atoms with Gasteiger partial charge in [0, 0.05) is 29.7 Å². The molecule has 0 aliphatic heterocycles. The molecule has 0 amide bonds. The van der Waals surface area contributed by atoms with E-state index < -0.39 is 0 Å². The average molecular weight is 267 g/mol. The molecule has 0 atom stereocenters. The highest BCUT2D eigenvalue weighted by atomic mass is 35.5. The fourth-order valence-electron chi connectivity index (χ4n) is 2.07. The molecule has 88 valence electrons. The van der Waals surface area contributed by atoms with Gasteiger partial charge in [0.25, 0.3) is 0 Å². The van der Waals surface area contributed by atoms with Crippen LogP contribution < -0.4 is 5.32 Å². The van der Waals surface area contributed by atoms with Gasteiger partial charge in [0.05, 0.1) is 15.6 Å². The van der Waals surface area contributed by atoms with Crippen molar-refractivity contribution in [3.05, 3.63) is 33.9 Å². The quantitative estimate of drug-likeness (QED) is 0.868. The van der Waals surface area contributed by atoms with E-state index in [0.717, 1.165) is 22.3 Å². The van der Waals surface area contributed by atoms with E-state index in [1.807, 2.05) is 13.1 Å². The molecule has 1 N–H and O–H groups in total. The zero-order chi connectivity index (χ0) is 12.0. The van der Waals surface area contributed by atoms with Crippen molar-refractivity contribution < 1.29 is 0 Å². The summed E-state index contributed by atoms with van der Waals surface area (Å²) in [6.45, 7) is 0. The van der Waals surface area contributed by atoms with Crippen molar-refractivity contribution in [3.63, 3.8) is 0 Å². The van der Waals surface area contributed by atoms with E-state index in [2.05, 4.69) is 16.4 Å². The first kappa shape index (κ1) is 11.1. The van der Waals surface area contributed by atoms with Gasteiger partial charge in [0.1, 0.15) is 0 Å². The summed E-state index contributed by atoms with van der Waals surface area (Å²) in [6.07, 6.45) is 2.44. The van der Waals surface area contributed by atoms with Crippen LogP contribution in [0.3, 0.4) is 0 Å². The van der Waals surface area contributed by atoms with Crippen LogP contribution in [0, 0.1) is 0 Å². The summed E-state index contributed by atoms with van der Waals surface area (Å²) in [6, 6.07) is 5.70. The highest BCUT2D eigenvalue weighted by molar-refractivity contribution is 6.40. The standard InChI is InChI=1S/C13H12Cl2N2/c1-16-11-6-10(7-2-3-7)17-13-9(15)5-4-8(14)12(11)13/h4-7H,2-3H2,1H3,(H,16,17). The molecule has 1 aliphatic carbocycles. The van der Waals surface area contributed by atoms with Gasteiger partial charge in [-0.2, -0.15) is 0 Å². The predicted molar refractivity (Wildman–Crippen MR) is 73.3 cm³/mol. The van der Waals surface area contributed by atoms with Crippen molar-refractivity contribution >= 4 is 39.8 Å². The van der Waals surface area contributed by atoms with Crippen molar-refractivity contribution in [2.75, 3.05) is 12.4 Å². The zero-order valence-electron chi connectivity index (χ0n) is 9.43. The van der Waals surface area contributed by atoms with Crippen molar-refractivity contribution in [1.82, 2.24) is 4.98 Å². The van der Waals surface area contributed by atoms with Gasteiger partial charge in [0.2, 0.25) is 0 Å². The third kappa shape index (κ3) is 1.85. The topological polar surface area (TPSA) is 24.9 Å². The largest absolute Gasteiger partial charge is 0.387 e. The van der Waals surface area contributed by atoms with E-state index in [1.165, 1.54) is 12.8 Å². The molecule has 0 unspecified atom stereocenters. The Balaban J connectivity index is 2.35. The first-order valence-corrected chi connectivity index (χ1v) is 6.42. The van der Waals surface area contributed by atoms with E-state index in [9.17, 15) is 0 Å². The second-order valence-electron chi connectivity index (χ2n) is 4.37. The van der Waals surface area contributed by atoms with Crippen LogP contribution >= 0.6 is 23.2 Å². The number of benzene rings is 1. The molecule has 3 rings (SSSR count). The Bertz CT molecular complexity index is 591. The van der Waals surface area contributed by atoms with Gasteiger partial charge in [-0.1, -0.05) is 23.2 Å². The summed E-state index contributed by atoms with van der Waals surface area (Å²) >= 11 is 12.4. The Morgan fingerprint density at radius 1 is 1.24 bits per heavy atom. The molecule has 1 fully saturated rings. The fraction of sp³-hybridized carbons (Fsp3) is 0.308. The number of halogens is 2. The van der Waals surface area contributed by atoms with Crippen LogP contribution in [0.2, 0.25) is 10.0 Å². The Morgan fingerprint density at radius 3 is 2.59 bits per heavy atom. The van der Waals surface area contributed by atoms with Crippen LogP contribution in [-0.2, 0) is 0 Å². The lowest BCUT2D eigenvalue weighted by Crippen LogP contribution is -1.96. The molecule has 1 heterocycles. The molecule has 0 spiro atoms. The zero-order valence-corrected chi connectivity index (χ0v) is 10.9. The minimum Gasteiger partial charge on any atom is -0.387 e. The lowest BCUT2D eigenvalue weighted by Gasteiger charge is -2.11. The molecule has 0 radical (unpaired) electrons. The van der Waals surface area contributed by atoms with E-state index in [1.54, 1.807) is 6.07 Å². The minimum absolute atomic E-state index is 0.599. The molecule has 2 aromatic rings. The first-order valence-electron chi connectivity index (χ1n) is 5.67. The van der Waals surface area contributed by atoms with Crippen LogP contribution in [0.1, 0.15) is 24.5 Å². The molecule has 1 aromatic heterocycles. The number of pyridine rings is 1. The lowest BCUT2D eigenvalue weighted by molar-refractivity contribution is 1.04. The van der Waals surface area contributed by atoms with Gasteiger partial charge >= 0.3 is 0 Å². The van der Waals surface area contributed by atoms with Crippen LogP contribution in [0.25, 0.3) is 10.9 Å². The van der Waals surface area contributed by atoms with Gasteiger partial charge in [-0.05, 0) is 31.0 Å². The van der Waals surface area contributed by atoms with Crippen LogP contribution in [0.15, 0.2) is 18.2 Å². The normalized spacial score (nSPS) is 15.2. The molecule has 1 aromatic carbocycles. The van der Waals surface area contributed by atoms with Crippen molar-refractivity contribution in [3.8, 4) is 0 Å². The highest BCUT2D eigenvalue weighted by Gasteiger charge is 2.26. The van der Waals surface area contributed by atoms with Gasteiger partial charge in [0.15, 0.2) is 0 Å². The summed E-state index contributed by atoms with van der Waals surface area (Å²) in [5, 5.41) is 5.43. The number of hydrogen-bond acceptors (Lipinski definition) is 2. The molecule has 1 aliphatic rings. The van der Waals surface area contributed by atoms with Crippen LogP contribution in [0.5, 0.6) is 0 Å². The Labute approximate surface area is 110 Å². The number of aromatic nitrogens is 1. The van der Waals surface area contributed by atoms with Crippen molar-refractivity contribution in [2.45, 2.75) is 18.8 Å². The van der Waals surface area contributed by atoms with Crippen molar-refractivity contribution in [1.29, 1.82) is 0 Å². The third-order valence-corrected chi connectivity index (χ3v) is 3.77. The van der Waals surface area contributed by atoms with Crippen LogP contribution in [-0.4, -0.2) is 12.0 Å². The minimum atomic E-state index is 0.599. The Morgan fingerprint density at radius 2 is 1.94 bits per heavy atom. The summed E-state index contributed by atoms with van der Waals surface area (Å²) in [4.78, 5) is 4.65. The monoisotopic (exact) mass is 266 g/mol. The highest BCUT2D eigenvalue weighted by Crippen LogP contribution is 2.43. The fourth-order valence-corrected chi connectivity index (χ4v) is 2.53. The maximum atomic E-state index is 6.22. The number of anilines is 1. The second kappa shape index (κ2) is 4.04. The van der Waals surface area contributed by atoms with Gasteiger partial charge in [-0.3, -0.25) is 4.98 Å². The van der Waals surface area contributed by atoms with E-state index in [-0.39, 0.29) is 0 Å². The number of hydrogen-bond donors (Lipinski definition) is 1. The number of nitrogens with one attached hydrogen (secondary N) is 1. The van der Waals surface area contributed by atoms with Crippen molar-refractivity contribution in [2.24, 2.45) is 0 Å². The van der Waals surface area contributed by atoms with Gasteiger partial charge in [-0.15, -0.1) is 0 Å². The molecular formula is C13H12Cl2N2. The molecular weight excluding hydrogens is 255 g/mol. The number of nitrogens with zero attached hydrogens (tertiary/aromatic N) is 1. The second-order valence-corrected chi connectivity index (χ2v) is 5.19. The molecule has 0 bridgehead atoms. The lowest BCUT2D eigenvalue weighted by atomic mass is 10.1. The number of rotatable bonds is 2. The maximum Gasteiger partial charge on any atom is 0.0927 e. The summed E-state index contributed by atoms with van der Waals surface area (Å²) in [5.41, 5.74) is 2.92. The van der Waals surface area contributed by atoms with E-state index in [0.29, 0.717) is 16.0 Å². The third-order valence-electron chi connectivity index (χ3n) is 3.15. The smallest absolute Gasteiger partial charge is 0.0927 e. The molecule has 1 saturated carbocycles. The molecule has 0 saturated heterocycles. The SMILES string of the molecule is CNc1cc(C2CC2)nc2c(Cl)ccc(Cl)c12. The summed E-state index contributed by atoms with van der Waals surface area (Å²) < 4.78 is 0. The number of fused-ring (bicyclic) bond motifs is 1. The predicted octanol–water partition coefficient (Wildman–Crippen LogP) is 4.46. The van der Waals surface area contributed by atoms with E-state index in [4.69, 9.17) is 23.2 Å². The Hall–Kier alpha value is -0.990. The summed E-state index contributed by atoms with van der Waals surface area (Å²) in [7, 11) is 1.89. The Kier molecular flexibility index (Phi) is 2.64. The molecule has 17 heavy (non-hydrogen) atoms. The van der Waals surface area contributed by atoms with Crippen LogP contribution in [0.4, 0.5) is 5.69 Å². The average Bonchev–Trinajstić information content (AvgIpc) is 3.16. The first-order chi connectivity index (χ1) is 8.20. The van der Waals surface area contributed by atoms with Gasteiger partial charge < -0.3 is 5.32 Å². The van der Waals surface area contributed by atoms with Gasteiger partial charge in [-0.25, -0.2) is 0 Å². The van der Waals surface area contributed by atoms with E-state index >= 15 is 0 Å². The molecule has 4 heteroatoms.